The number of hydrogen-bond donors (Lipinski definition) is 3. The summed E-state index contributed by atoms with van der Waals surface area (Å²) in [5.74, 6) is 0.196. The third-order valence-corrected chi connectivity index (χ3v) is 3.41. The molecule has 0 saturated carbocycles. The van der Waals surface area contributed by atoms with Crippen LogP contribution in [0.1, 0.15) is 26.7 Å². The fourth-order valence-electron chi connectivity index (χ4n) is 1.75. The lowest BCUT2D eigenvalue weighted by atomic mass is 9.97. The van der Waals surface area contributed by atoms with Crippen LogP contribution in [0.15, 0.2) is 24.3 Å². The van der Waals surface area contributed by atoms with Gasteiger partial charge in [0.25, 0.3) is 0 Å². The normalized spacial score (nSPS) is 13.2. The van der Waals surface area contributed by atoms with Gasteiger partial charge in [-0.25, -0.2) is 4.39 Å². The molecule has 0 heterocycles. The standard InChI is InChI=1S/C15H24FNO3/c1-3-15(19,4-2)11-17-9-13(18)10-20-14-7-5-12(16)6-8-14/h5-8,13,17-19H,3-4,9-11H2,1-2H3. The van der Waals surface area contributed by atoms with E-state index in [1.807, 2.05) is 13.8 Å². The smallest absolute Gasteiger partial charge is 0.123 e. The molecule has 0 amide bonds. The van der Waals surface area contributed by atoms with Crippen molar-refractivity contribution in [1.29, 1.82) is 0 Å². The quantitative estimate of drug-likeness (QED) is 0.646. The van der Waals surface area contributed by atoms with E-state index in [-0.39, 0.29) is 12.4 Å². The van der Waals surface area contributed by atoms with Crippen LogP contribution in [0.25, 0.3) is 0 Å². The Morgan fingerprint density at radius 3 is 2.40 bits per heavy atom. The first-order valence-electron chi connectivity index (χ1n) is 6.98. The number of benzene rings is 1. The molecule has 0 aliphatic carbocycles. The SMILES string of the molecule is CCC(O)(CC)CNCC(O)COc1ccc(F)cc1. The summed E-state index contributed by atoms with van der Waals surface area (Å²) in [6.45, 7) is 4.75. The summed E-state index contributed by atoms with van der Waals surface area (Å²) < 4.78 is 18.0. The minimum absolute atomic E-state index is 0.120. The first-order valence-corrected chi connectivity index (χ1v) is 6.98. The van der Waals surface area contributed by atoms with E-state index in [4.69, 9.17) is 4.74 Å². The maximum atomic E-state index is 12.7. The minimum Gasteiger partial charge on any atom is -0.491 e. The number of halogens is 1. The number of aliphatic hydroxyl groups is 2. The van der Waals surface area contributed by atoms with Crippen LogP contribution in [0.5, 0.6) is 5.75 Å². The first-order chi connectivity index (χ1) is 9.49. The molecule has 1 rings (SSSR count). The molecule has 0 fully saturated rings. The van der Waals surface area contributed by atoms with Crippen molar-refractivity contribution in [1.82, 2.24) is 5.32 Å². The van der Waals surface area contributed by atoms with Crippen molar-refractivity contribution in [2.45, 2.75) is 38.4 Å². The highest BCUT2D eigenvalue weighted by Gasteiger charge is 2.21. The van der Waals surface area contributed by atoms with Crippen molar-refractivity contribution in [2.24, 2.45) is 0 Å². The molecule has 5 heteroatoms. The van der Waals surface area contributed by atoms with Crippen LogP contribution in [0.3, 0.4) is 0 Å². The summed E-state index contributed by atoms with van der Waals surface area (Å²) in [5.41, 5.74) is -0.725. The summed E-state index contributed by atoms with van der Waals surface area (Å²) >= 11 is 0. The molecular weight excluding hydrogens is 261 g/mol. The van der Waals surface area contributed by atoms with Gasteiger partial charge >= 0.3 is 0 Å². The van der Waals surface area contributed by atoms with Crippen molar-refractivity contribution in [3.8, 4) is 5.75 Å². The van der Waals surface area contributed by atoms with Crippen LogP contribution in [0.4, 0.5) is 4.39 Å². The largest absolute Gasteiger partial charge is 0.491 e. The highest BCUT2D eigenvalue weighted by atomic mass is 19.1. The number of nitrogens with one attached hydrogen (secondary N) is 1. The minimum atomic E-state index is -0.725. The maximum Gasteiger partial charge on any atom is 0.123 e. The molecule has 1 aromatic carbocycles. The van der Waals surface area contributed by atoms with Gasteiger partial charge in [-0.15, -0.1) is 0 Å². The number of ether oxygens (including phenoxy) is 1. The number of rotatable bonds is 9. The lowest BCUT2D eigenvalue weighted by molar-refractivity contribution is 0.0270. The molecule has 1 atom stereocenters. The second kappa shape index (κ2) is 8.19. The van der Waals surface area contributed by atoms with Crippen molar-refractivity contribution in [3.63, 3.8) is 0 Å². The summed E-state index contributed by atoms with van der Waals surface area (Å²) in [4.78, 5) is 0. The van der Waals surface area contributed by atoms with E-state index in [0.29, 0.717) is 31.7 Å². The molecule has 0 aliphatic heterocycles. The predicted octanol–water partition coefficient (Wildman–Crippen LogP) is 1.71. The average molecular weight is 285 g/mol. The Labute approximate surface area is 119 Å². The molecule has 1 unspecified atom stereocenters. The van der Waals surface area contributed by atoms with Crippen LogP contribution in [-0.4, -0.2) is 41.6 Å². The summed E-state index contributed by atoms with van der Waals surface area (Å²) in [7, 11) is 0. The lowest BCUT2D eigenvalue weighted by Gasteiger charge is -2.26. The first kappa shape index (κ1) is 16.9. The van der Waals surface area contributed by atoms with Crippen LogP contribution in [0.2, 0.25) is 0 Å². The van der Waals surface area contributed by atoms with Gasteiger partial charge in [-0.1, -0.05) is 13.8 Å². The Kier molecular flexibility index (Phi) is 6.91. The zero-order chi connectivity index (χ0) is 15.0. The molecule has 114 valence electrons. The zero-order valence-electron chi connectivity index (χ0n) is 12.1. The van der Waals surface area contributed by atoms with E-state index < -0.39 is 11.7 Å². The summed E-state index contributed by atoms with van der Waals surface area (Å²) in [5, 5.41) is 22.9. The molecule has 0 saturated heterocycles. The molecular formula is C15H24FNO3. The second-order valence-corrected chi connectivity index (χ2v) is 4.98. The highest BCUT2D eigenvalue weighted by molar-refractivity contribution is 5.22. The van der Waals surface area contributed by atoms with Gasteiger partial charge in [0.2, 0.25) is 0 Å². The van der Waals surface area contributed by atoms with Crippen molar-refractivity contribution < 1.29 is 19.3 Å². The Morgan fingerprint density at radius 2 is 1.85 bits per heavy atom. The van der Waals surface area contributed by atoms with Gasteiger partial charge < -0.3 is 20.3 Å². The van der Waals surface area contributed by atoms with Crippen LogP contribution < -0.4 is 10.1 Å². The van der Waals surface area contributed by atoms with Gasteiger partial charge in [0.15, 0.2) is 0 Å². The molecule has 0 spiro atoms. The molecule has 20 heavy (non-hydrogen) atoms. The molecule has 4 nitrogen and oxygen atoms in total. The van der Waals surface area contributed by atoms with Crippen molar-refractivity contribution in [3.05, 3.63) is 30.1 Å². The van der Waals surface area contributed by atoms with Gasteiger partial charge in [-0.05, 0) is 37.1 Å². The van der Waals surface area contributed by atoms with Crippen LogP contribution in [0, 0.1) is 5.82 Å². The Balaban J connectivity index is 2.23. The van der Waals surface area contributed by atoms with Gasteiger partial charge in [0.05, 0.1) is 5.60 Å². The zero-order valence-corrected chi connectivity index (χ0v) is 12.1. The van der Waals surface area contributed by atoms with Crippen LogP contribution >= 0.6 is 0 Å². The number of aliphatic hydroxyl groups excluding tert-OH is 1. The Bertz CT molecular complexity index is 379. The van der Waals surface area contributed by atoms with Gasteiger partial charge in [-0.3, -0.25) is 0 Å². The molecule has 1 aromatic rings. The molecule has 0 aliphatic rings. The average Bonchev–Trinajstić information content (AvgIpc) is 2.46. The second-order valence-electron chi connectivity index (χ2n) is 4.98. The predicted molar refractivity (Wildman–Crippen MR) is 76.3 cm³/mol. The fourth-order valence-corrected chi connectivity index (χ4v) is 1.75. The van der Waals surface area contributed by atoms with E-state index in [1.54, 1.807) is 0 Å². The molecule has 0 radical (unpaired) electrons. The fraction of sp³-hybridized carbons (Fsp3) is 0.600. The third kappa shape index (κ3) is 5.86. The molecule has 3 N–H and O–H groups in total. The lowest BCUT2D eigenvalue weighted by Crippen LogP contribution is -2.43. The number of hydrogen-bond acceptors (Lipinski definition) is 4. The maximum absolute atomic E-state index is 12.7. The molecule has 0 aromatic heterocycles. The molecule has 0 bridgehead atoms. The van der Waals surface area contributed by atoms with Gasteiger partial charge in [-0.2, -0.15) is 0 Å². The van der Waals surface area contributed by atoms with E-state index in [9.17, 15) is 14.6 Å². The van der Waals surface area contributed by atoms with E-state index >= 15 is 0 Å². The summed E-state index contributed by atoms with van der Waals surface area (Å²) in [6, 6.07) is 5.65. The van der Waals surface area contributed by atoms with E-state index in [1.165, 1.54) is 24.3 Å². The third-order valence-electron chi connectivity index (χ3n) is 3.41. The van der Waals surface area contributed by atoms with Gasteiger partial charge in [0, 0.05) is 13.1 Å². The summed E-state index contributed by atoms with van der Waals surface area (Å²) in [6.07, 6.45) is 0.648. The Morgan fingerprint density at radius 1 is 1.25 bits per heavy atom. The van der Waals surface area contributed by atoms with E-state index in [2.05, 4.69) is 5.32 Å². The van der Waals surface area contributed by atoms with Crippen molar-refractivity contribution in [2.75, 3.05) is 19.7 Å². The van der Waals surface area contributed by atoms with Crippen molar-refractivity contribution >= 4 is 0 Å². The highest BCUT2D eigenvalue weighted by Crippen LogP contribution is 2.13. The van der Waals surface area contributed by atoms with Crippen LogP contribution in [-0.2, 0) is 0 Å². The topological polar surface area (TPSA) is 61.7 Å². The van der Waals surface area contributed by atoms with E-state index in [0.717, 1.165) is 0 Å². The monoisotopic (exact) mass is 285 g/mol. The Hall–Kier alpha value is -1.17. The van der Waals surface area contributed by atoms with Gasteiger partial charge in [0.1, 0.15) is 24.3 Å².